The summed E-state index contributed by atoms with van der Waals surface area (Å²) in [5.41, 5.74) is 2.32. The Morgan fingerprint density at radius 2 is 1.83 bits per heavy atom. The summed E-state index contributed by atoms with van der Waals surface area (Å²) in [7, 11) is 0. The lowest BCUT2D eigenvalue weighted by Crippen LogP contribution is -2.04. The number of hydrogen-bond acceptors (Lipinski definition) is 4. The summed E-state index contributed by atoms with van der Waals surface area (Å²) in [6.45, 7) is 1.87. The van der Waals surface area contributed by atoms with E-state index in [4.69, 9.17) is 23.2 Å². The van der Waals surface area contributed by atoms with Gasteiger partial charge in [0.25, 0.3) is 5.69 Å². The highest BCUT2D eigenvalue weighted by atomic mass is 35.5. The first-order valence-corrected chi connectivity index (χ1v) is 10.0. The largest absolute Gasteiger partial charge is 0.478 e. The average Bonchev–Trinajstić information content (AvgIpc) is 2.65. The van der Waals surface area contributed by atoms with Gasteiger partial charge in [0, 0.05) is 11.0 Å². The first-order valence-electron chi connectivity index (χ1n) is 8.47. The molecule has 0 amide bonds. The van der Waals surface area contributed by atoms with Gasteiger partial charge >= 0.3 is 5.97 Å². The number of aromatic carboxylic acids is 1. The number of carboxylic acid groups (broad SMARTS) is 1. The number of benzene rings is 3. The Hall–Kier alpha value is -2.54. The average molecular weight is 448 g/mol. The minimum atomic E-state index is -1.03. The number of aryl methyl sites for hydroxylation is 1. The lowest BCUT2D eigenvalue weighted by atomic mass is 9.97. The Labute approximate surface area is 181 Å². The number of carboxylic acids is 1. The summed E-state index contributed by atoms with van der Waals surface area (Å²) in [6, 6.07) is 15.0. The molecule has 0 aromatic heterocycles. The first-order chi connectivity index (χ1) is 13.7. The zero-order valence-electron chi connectivity index (χ0n) is 15.2. The Kier molecular flexibility index (Phi) is 6.47. The third kappa shape index (κ3) is 5.09. The van der Waals surface area contributed by atoms with Crippen LogP contribution >= 0.6 is 35.0 Å². The lowest BCUT2D eigenvalue weighted by Gasteiger charge is -2.10. The lowest BCUT2D eigenvalue weighted by molar-refractivity contribution is -0.387. The molecular weight excluding hydrogens is 433 g/mol. The molecule has 0 saturated carbocycles. The van der Waals surface area contributed by atoms with Crippen LogP contribution in [0.2, 0.25) is 10.0 Å². The number of hydrogen-bond donors (Lipinski definition) is 1. The Morgan fingerprint density at radius 1 is 1.07 bits per heavy atom. The van der Waals surface area contributed by atoms with Crippen LogP contribution in [0.4, 0.5) is 5.69 Å². The van der Waals surface area contributed by atoms with E-state index in [0.29, 0.717) is 26.1 Å². The number of nitrogens with zero attached hydrogens (tertiary/aromatic N) is 1. The fourth-order valence-electron chi connectivity index (χ4n) is 2.87. The summed E-state index contributed by atoms with van der Waals surface area (Å²) >= 11 is 13.2. The van der Waals surface area contributed by atoms with Crippen molar-refractivity contribution in [3.05, 3.63) is 97.0 Å². The summed E-state index contributed by atoms with van der Waals surface area (Å²) in [6.07, 6.45) is 0.280. The first kappa shape index (κ1) is 21.2. The van der Waals surface area contributed by atoms with Crippen molar-refractivity contribution in [1.82, 2.24) is 0 Å². The van der Waals surface area contributed by atoms with Crippen molar-refractivity contribution in [3.8, 4) is 0 Å². The molecule has 29 heavy (non-hydrogen) atoms. The minimum absolute atomic E-state index is 0.0527. The van der Waals surface area contributed by atoms with E-state index in [9.17, 15) is 20.0 Å². The SMILES string of the molecule is Cc1ccc(C(=O)O)c(Cc2ccc(Sc3ccc(Cl)c(Cl)c3)c([N+](=O)[O-])c2)c1. The van der Waals surface area contributed by atoms with Gasteiger partial charge in [0.2, 0.25) is 0 Å². The minimum Gasteiger partial charge on any atom is -0.478 e. The molecule has 0 bridgehead atoms. The van der Waals surface area contributed by atoms with E-state index in [1.165, 1.54) is 17.8 Å². The van der Waals surface area contributed by atoms with Crippen molar-refractivity contribution >= 4 is 46.6 Å². The van der Waals surface area contributed by atoms with Crippen molar-refractivity contribution in [3.63, 3.8) is 0 Å². The maximum Gasteiger partial charge on any atom is 0.335 e. The van der Waals surface area contributed by atoms with Gasteiger partial charge in [0.05, 0.1) is 25.4 Å². The second-order valence-corrected chi connectivity index (χ2v) is 8.31. The molecule has 0 radical (unpaired) electrons. The number of nitro groups is 1. The zero-order valence-corrected chi connectivity index (χ0v) is 17.5. The summed E-state index contributed by atoms with van der Waals surface area (Å²) in [4.78, 5) is 23.8. The standard InChI is InChI=1S/C21H15Cl2NO4S/c1-12-2-5-16(21(25)26)14(8-12)9-13-3-7-20(19(10-13)24(27)28)29-15-4-6-17(22)18(23)11-15/h2-8,10-11H,9H2,1H3,(H,25,26). The highest BCUT2D eigenvalue weighted by Crippen LogP contribution is 2.38. The molecule has 0 atom stereocenters. The summed E-state index contributed by atoms with van der Waals surface area (Å²) in [5, 5.41) is 21.8. The van der Waals surface area contributed by atoms with Crippen LogP contribution in [0.5, 0.6) is 0 Å². The van der Waals surface area contributed by atoms with E-state index in [1.807, 2.05) is 6.92 Å². The van der Waals surface area contributed by atoms with Crippen molar-refractivity contribution in [1.29, 1.82) is 0 Å². The fraction of sp³-hybridized carbons (Fsp3) is 0.0952. The van der Waals surface area contributed by atoms with E-state index in [0.717, 1.165) is 10.5 Å². The van der Waals surface area contributed by atoms with Crippen LogP contribution in [0.15, 0.2) is 64.4 Å². The molecule has 0 aliphatic heterocycles. The maximum atomic E-state index is 11.6. The number of carbonyl (C=O) groups is 1. The molecular formula is C21H15Cl2NO4S. The zero-order chi connectivity index (χ0) is 21.1. The third-order valence-corrected chi connectivity index (χ3v) is 6.02. The number of rotatable bonds is 6. The number of nitro benzene ring substituents is 1. The van der Waals surface area contributed by atoms with Crippen LogP contribution in [-0.4, -0.2) is 16.0 Å². The van der Waals surface area contributed by atoms with Gasteiger partial charge in [-0.25, -0.2) is 4.79 Å². The molecule has 3 rings (SSSR count). The summed E-state index contributed by atoms with van der Waals surface area (Å²) in [5.74, 6) is -1.03. The molecule has 3 aromatic carbocycles. The Balaban J connectivity index is 1.94. The predicted molar refractivity (Wildman–Crippen MR) is 115 cm³/mol. The molecule has 0 fully saturated rings. The van der Waals surface area contributed by atoms with Crippen LogP contribution in [0.25, 0.3) is 0 Å². The van der Waals surface area contributed by atoms with Gasteiger partial charge in [-0.05, 0) is 54.8 Å². The van der Waals surface area contributed by atoms with Crippen molar-refractivity contribution in [2.45, 2.75) is 23.1 Å². The van der Waals surface area contributed by atoms with Gasteiger partial charge in [-0.15, -0.1) is 0 Å². The topological polar surface area (TPSA) is 80.4 Å². The third-order valence-electron chi connectivity index (χ3n) is 4.22. The van der Waals surface area contributed by atoms with Crippen LogP contribution in [0, 0.1) is 17.0 Å². The monoisotopic (exact) mass is 447 g/mol. The van der Waals surface area contributed by atoms with Crippen molar-refractivity contribution in [2.24, 2.45) is 0 Å². The molecule has 5 nitrogen and oxygen atoms in total. The normalized spacial score (nSPS) is 10.7. The molecule has 0 aliphatic carbocycles. The van der Waals surface area contributed by atoms with Crippen LogP contribution in [0.1, 0.15) is 27.0 Å². The van der Waals surface area contributed by atoms with Gasteiger partial charge in [0.1, 0.15) is 0 Å². The van der Waals surface area contributed by atoms with E-state index in [-0.39, 0.29) is 17.7 Å². The van der Waals surface area contributed by atoms with Gasteiger partial charge in [-0.3, -0.25) is 10.1 Å². The van der Waals surface area contributed by atoms with Gasteiger partial charge in [-0.2, -0.15) is 0 Å². The fourth-order valence-corrected chi connectivity index (χ4v) is 4.17. The number of halogens is 2. The van der Waals surface area contributed by atoms with Crippen LogP contribution in [0.3, 0.4) is 0 Å². The van der Waals surface area contributed by atoms with Crippen LogP contribution in [-0.2, 0) is 6.42 Å². The molecule has 0 aliphatic rings. The van der Waals surface area contributed by atoms with Gasteiger partial charge < -0.3 is 5.11 Å². The Morgan fingerprint density at radius 3 is 2.48 bits per heavy atom. The summed E-state index contributed by atoms with van der Waals surface area (Å²) < 4.78 is 0. The van der Waals surface area contributed by atoms with E-state index >= 15 is 0 Å². The van der Waals surface area contributed by atoms with Crippen LogP contribution < -0.4 is 0 Å². The predicted octanol–water partition coefficient (Wildman–Crippen LogP) is 6.65. The van der Waals surface area contributed by atoms with E-state index < -0.39 is 10.9 Å². The molecule has 0 spiro atoms. The van der Waals surface area contributed by atoms with Crippen molar-refractivity contribution in [2.75, 3.05) is 0 Å². The molecule has 0 heterocycles. The molecule has 0 unspecified atom stereocenters. The highest BCUT2D eigenvalue weighted by Gasteiger charge is 2.18. The molecule has 0 saturated heterocycles. The van der Waals surface area contributed by atoms with Gasteiger partial charge in [-0.1, -0.05) is 58.7 Å². The quantitative estimate of drug-likeness (QED) is 0.337. The smallest absolute Gasteiger partial charge is 0.335 e. The molecule has 3 aromatic rings. The van der Waals surface area contributed by atoms with E-state index in [1.54, 1.807) is 48.5 Å². The van der Waals surface area contributed by atoms with Crippen molar-refractivity contribution < 1.29 is 14.8 Å². The second kappa shape index (κ2) is 8.86. The Bertz CT molecular complexity index is 1120. The van der Waals surface area contributed by atoms with E-state index in [2.05, 4.69) is 0 Å². The highest BCUT2D eigenvalue weighted by molar-refractivity contribution is 7.99. The second-order valence-electron chi connectivity index (χ2n) is 6.38. The van der Waals surface area contributed by atoms with Gasteiger partial charge in [0.15, 0.2) is 0 Å². The molecule has 148 valence electrons. The maximum absolute atomic E-state index is 11.6. The molecule has 8 heteroatoms. The molecule has 1 N–H and O–H groups in total.